The Hall–Kier alpha value is -3.66. The predicted molar refractivity (Wildman–Crippen MR) is 140 cm³/mol. The molecule has 2 amide bonds. The van der Waals surface area contributed by atoms with Gasteiger partial charge in [0.15, 0.2) is 0 Å². The summed E-state index contributed by atoms with van der Waals surface area (Å²) in [7, 11) is 0. The van der Waals surface area contributed by atoms with Crippen molar-refractivity contribution in [3.8, 4) is 0 Å². The Labute approximate surface area is 216 Å². The highest BCUT2D eigenvalue weighted by Crippen LogP contribution is 2.35. The summed E-state index contributed by atoms with van der Waals surface area (Å²) in [5.74, 6) is -0.298. The molecule has 0 spiro atoms. The second-order valence-electron chi connectivity index (χ2n) is 9.89. The Morgan fingerprint density at radius 1 is 1.03 bits per heavy atom. The number of hydrogen-bond donors (Lipinski definition) is 1. The number of amides is 2. The molecular weight excluding hydrogens is 474 g/mol. The largest absolute Gasteiger partial charge is 0.444 e. The number of hydrogen-bond acceptors (Lipinski definition) is 7. The number of ether oxygens (including phenoxy) is 1. The number of nitrogens with zero attached hydrogens (tertiary/aromatic N) is 4. The van der Waals surface area contributed by atoms with E-state index in [4.69, 9.17) is 4.74 Å². The topological polar surface area (TPSA) is 108 Å². The molecule has 0 bridgehead atoms. The van der Waals surface area contributed by atoms with Gasteiger partial charge in [-0.05, 0) is 57.0 Å². The van der Waals surface area contributed by atoms with E-state index in [-0.39, 0.29) is 35.9 Å². The zero-order valence-corrected chi connectivity index (χ0v) is 20.9. The molecule has 3 aliphatic heterocycles. The van der Waals surface area contributed by atoms with Crippen LogP contribution in [0, 0.1) is 10.1 Å². The van der Waals surface area contributed by atoms with Gasteiger partial charge in [0.05, 0.1) is 10.6 Å². The lowest BCUT2D eigenvalue weighted by Gasteiger charge is -2.40. The van der Waals surface area contributed by atoms with Gasteiger partial charge in [-0.3, -0.25) is 19.8 Å². The van der Waals surface area contributed by atoms with Crippen LogP contribution in [-0.2, 0) is 11.3 Å². The number of piperidine rings is 2. The molecule has 2 aromatic carbocycles. The van der Waals surface area contributed by atoms with Crippen LogP contribution in [0.3, 0.4) is 0 Å². The van der Waals surface area contributed by atoms with Gasteiger partial charge in [0.25, 0.3) is 11.6 Å². The molecule has 0 saturated carbocycles. The summed E-state index contributed by atoms with van der Waals surface area (Å²) >= 11 is 0. The number of nitrogens with one attached hydrogen (secondary N) is 1. The minimum Gasteiger partial charge on any atom is -0.444 e. The first-order valence-corrected chi connectivity index (χ1v) is 13.1. The van der Waals surface area contributed by atoms with Crippen LogP contribution in [0.2, 0.25) is 0 Å². The highest BCUT2D eigenvalue weighted by molar-refractivity contribution is 5.96. The molecule has 10 heteroatoms. The molecule has 5 rings (SSSR count). The van der Waals surface area contributed by atoms with Gasteiger partial charge in [0.2, 0.25) is 0 Å². The van der Waals surface area contributed by atoms with Crippen LogP contribution in [-0.4, -0.2) is 67.1 Å². The van der Waals surface area contributed by atoms with Gasteiger partial charge in [-0.15, -0.1) is 0 Å². The monoisotopic (exact) mass is 507 g/mol. The lowest BCUT2D eigenvalue weighted by atomic mass is 9.99. The molecule has 2 aromatic rings. The average molecular weight is 508 g/mol. The second-order valence-corrected chi connectivity index (χ2v) is 9.89. The molecule has 0 unspecified atom stereocenters. The number of carbonyl (C=O) groups excluding carboxylic acids is 2. The normalized spacial score (nSPS) is 18.8. The maximum atomic E-state index is 12.7. The van der Waals surface area contributed by atoms with Crippen LogP contribution in [0.25, 0.3) is 0 Å². The number of cyclic esters (lactones) is 1. The molecule has 0 aromatic heterocycles. The van der Waals surface area contributed by atoms with Gasteiger partial charge in [-0.1, -0.05) is 24.6 Å². The number of fused-ring (bicyclic) bond motifs is 1. The van der Waals surface area contributed by atoms with E-state index in [1.165, 1.54) is 25.3 Å². The molecule has 0 radical (unpaired) electrons. The van der Waals surface area contributed by atoms with Gasteiger partial charge < -0.3 is 19.9 Å². The van der Waals surface area contributed by atoms with E-state index in [1.54, 1.807) is 17.0 Å². The highest BCUT2D eigenvalue weighted by Gasteiger charge is 2.35. The van der Waals surface area contributed by atoms with Crippen LogP contribution in [0.5, 0.6) is 0 Å². The van der Waals surface area contributed by atoms with Crippen LogP contribution < -0.4 is 15.1 Å². The van der Waals surface area contributed by atoms with Crippen molar-refractivity contribution < 1.29 is 19.2 Å². The second kappa shape index (κ2) is 11.2. The third-order valence-electron chi connectivity index (χ3n) is 7.57. The smallest absolute Gasteiger partial charge is 0.414 e. The number of nitro groups is 1. The Balaban J connectivity index is 1.23. The molecule has 2 saturated heterocycles. The Bertz CT molecular complexity index is 1160. The molecule has 1 N–H and O–H groups in total. The first kappa shape index (κ1) is 25.0. The van der Waals surface area contributed by atoms with E-state index in [9.17, 15) is 19.7 Å². The Morgan fingerprint density at radius 3 is 2.54 bits per heavy atom. The van der Waals surface area contributed by atoms with Gasteiger partial charge in [0.1, 0.15) is 12.3 Å². The van der Waals surface area contributed by atoms with Crippen molar-refractivity contribution in [3.05, 3.63) is 63.7 Å². The summed E-state index contributed by atoms with van der Waals surface area (Å²) in [5.41, 5.74) is 2.56. The Kier molecular flexibility index (Phi) is 7.55. The third kappa shape index (κ3) is 5.53. The summed E-state index contributed by atoms with van der Waals surface area (Å²) in [6.07, 6.45) is 4.59. The number of rotatable bonds is 7. The number of para-hydroxylation sites is 1. The minimum absolute atomic E-state index is 0.0470. The van der Waals surface area contributed by atoms with Crippen molar-refractivity contribution in [2.24, 2.45) is 0 Å². The average Bonchev–Trinajstić information content (AvgIpc) is 2.93. The maximum absolute atomic E-state index is 12.7. The van der Waals surface area contributed by atoms with Crippen molar-refractivity contribution in [1.29, 1.82) is 0 Å². The van der Waals surface area contributed by atoms with E-state index in [1.807, 2.05) is 29.2 Å². The molecule has 3 heterocycles. The molecule has 37 heavy (non-hydrogen) atoms. The van der Waals surface area contributed by atoms with Crippen molar-refractivity contribution in [1.82, 2.24) is 10.2 Å². The van der Waals surface area contributed by atoms with Crippen molar-refractivity contribution in [3.63, 3.8) is 0 Å². The summed E-state index contributed by atoms with van der Waals surface area (Å²) in [6.45, 7) is 4.79. The zero-order chi connectivity index (χ0) is 25.8. The minimum atomic E-state index is -0.426. The van der Waals surface area contributed by atoms with Crippen LogP contribution in [0.1, 0.15) is 48.0 Å². The molecule has 196 valence electrons. The van der Waals surface area contributed by atoms with Crippen LogP contribution >= 0.6 is 0 Å². The number of likely N-dealkylation sites (tertiary alicyclic amines) is 1. The van der Waals surface area contributed by atoms with Crippen molar-refractivity contribution in [2.45, 2.75) is 44.8 Å². The van der Waals surface area contributed by atoms with Crippen molar-refractivity contribution in [2.75, 3.05) is 49.1 Å². The summed E-state index contributed by atoms with van der Waals surface area (Å²) in [6, 6.07) is 12.4. The fourth-order valence-electron chi connectivity index (χ4n) is 5.58. The SMILES string of the molecule is O=C(NCCN1CCCCC1)c1ccc(N2CCC(N3C(=O)OCc4ccccc43)CC2)c([N+](=O)[O-])c1. The summed E-state index contributed by atoms with van der Waals surface area (Å²) in [5, 5.41) is 14.8. The third-order valence-corrected chi connectivity index (χ3v) is 7.57. The van der Waals surface area contributed by atoms with E-state index < -0.39 is 4.92 Å². The van der Waals surface area contributed by atoms with E-state index in [0.29, 0.717) is 38.2 Å². The number of carbonyl (C=O) groups is 2. The predicted octanol–water partition coefficient (Wildman–Crippen LogP) is 3.94. The molecular formula is C27H33N5O5. The fraction of sp³-hybridized carbons (Fsp3) is 0.481. The number of anilines is 2. The molecule has 0 aliphatic carbocycles. The maximum Gasteiger partial charge on any atom is 0.414 e. The van der Waals surface area contributed by atoms with Crippen LogP contribution in [0.4, 0.5) is 21.9 Å². The quantitative estimate of drug-likeness (QED) is 0.447. The molecule has 0 atom stereocenters. The summed E-state index contributed by atoms with van der Waals surface area (Å²) < 4.78 is 5.37. The Morgan fingerprint density at radius 2 is 1.78 bits per heavy atom. The first-order valence-electron chi connectivity index (χ1n) is 13.1. The summed E-state index contributed by atoms with van der Waals surface area (Å²) in [4.78, 5) is 42.8. The van der Waals surface area contributed by atoms with Crippen molar-refractivity contribution >= 4 is 29.1 Å². The van der Waals surface area contributed by atoms with Crippen LogP contribution in [0.15, 0.2) is 42.5 Å². The van der Waals surface area contributed by atoms with Gasteiger partial charge in [0, 0.05) is 49.4 Å². The molecule has 3 aliphatic rings. The van der Waals surface area contributed by atoms with Gasteiger partial charge >= 0.3 is 6.09 Å². The van der Waals surface area contributed by atoms with E-state index >= 15 is 0 Å². The molecule has 2 fully saturated rings. The standard InChI is InChI=1S/C27H33N5O5/c33-26(28-12-17-29-13-4-1-5-14-29)20-8-9-24(25(18-20)32(35)36)30-15-10-22(11-16-30)31-23-7-3-2-6-21(23)19-37-27(31)34/h2-3,6-9,18,22H,1,4-5,10-17,19H2,(H,28,33). The zero-order valence-electron chi connectivity index (χ0n) is 20.9. The fourth-order valence-corrected chi connectivity index (χ4v) is 5.58. The lowest BCUT2D eigenvalue weighted by Crippen LogP contribution is -2.49. The molecule has 10 nitrogen and oxygen atoms in total. The number of nitro benzene ring substituents is 1. The van der Waals surface area contributed by atoms with Gasteiger partial charge in [-0.25, -0.2) is 4.79 Å². The highest BCUT2D eigenvalue weighted by atomic mass is 16.6. The van der Waals surface area contributed by atoms with Gasteiger partial charge in [-0.2, -0.15) is 0 Å². The first-order chi connectivity index (χ1) is 18.0. The number of benzene rings is 2. The van der Waals surface area contributed by atoms with E-state index in [2.05, 4.69) is 10.2 Å². The van der Waals surface area contributed by atoms with E-state index in [0.717, 1.165) is 30.9 Å². The lowest BCUT2D eigenvalue weighted by molar-refractivity contribution is -0.384.